The lowest BCUT2D eigenvalue weighted by Gasteiger charge is -2.28. The van der Waals surface area contributed by atoms with E-state index in [0.29, 0.717) is 34.6 Å². The van der Waals surface area contributed by atoms with Crippen LogP contribution in [0.5, 0.6) is 0 Å². The fourth-order valence-corrected chi connectivity index (χ4v) is 6.00. The van der Waals surface area contributed by atoms with Crippen molar-refractivity contribution in [3.63, 3.8) is 0 Å². The molecular weight excluding hydrogens is 532 g/mol. The lowest BCUT2D eigenvalue weighted by molar-refractivity contribution is 0.0162. The van der Waals surface area contributed by atoms with Crippen molar-refractivity contribution in [3.05, 3.63) is 65.6 Å². The molecule has 1 aromatic heterocycles. The van der Waals surface area contributed by atoms with Crippen LogP contribution in [-0.4, -0.2) is 65.9 Å². The molecule has 11 nitrogen and oxygen atoms in total. The summed E-state index contributed by atoms with van der Waals surface area (Å²) >= 11 is 0. The summed E-state index contributed by atoms with van der Waals surface area (Å²) in [5.41, 5.74) is 14.0. The highest BCUT2D eigenvalue weighted by Gasteiger charge is 2.33. The zero-order chi connectivity index (χ0) is 29.2. The van der Waals surface area contributed by atoms with Crippen LogP contribution >= 0.6 is 0 Å². The fraction of sp³-hybridized carbons (Fsp3) is 0.393. The fourth-order valence-electron chi connectivity index (χ4n) is 4.62. The van der Waals surface area contributed by atoms with E-state index in [1.54, 1.807) is 42.3 Å². The predicted octanol–water partition coefficient (Wildman–Crippen LogP) is 3.80. The van der Waals surface area contributed by atoms with Gasteiger partial charge >= 0.3 is 6.09 Å². The van der Waals surface area contributed by atoms with E-state index in [1.165, 1.54) is 18.3 Å². The minimum absolute atomic E-state index is 0.0934. The highest BCUT2D eigenvalue weighted by molar-refractivity contribution is 7.90. The Hall–Kier alpha value is -4.06. The molecule has 2 heterocycles. The van der Waals surface area contributed by atoms with Gasteiger partial charge in [-0.05, 0) is 64.8 Å². The Morgan fingerprint density at radius 2 is 1.90 bits per heavy atom. The molecule has 0 saturated carbocycles. The number of aromatic nitrogens is 2. The number of nitrogen functional groups attached to an aromatic ring is 1. The molecule has 0 spiro atoms. The summed E-state index contributed by atoms with van der Waals surface area (Å²) in [6.07, 6.45) is 2.51. The third-order valence-corrected chi connectivity index (χ3v) is 8.25. The smallest absolute Gasteiger partial charge is 0.410 e. The van der Waals surface area contributed by atoms with Crippen molar-refractivity contribution in [2.24, 2.45) is 10.7 Å². The Balaban J connectivity index is 1.61. The Labute approximate surface area is 234 Å². The SMILES string of the molecule is CN=C(/C(=C\N)OC[C@H]1CCCN1C(=O)OC(C)(C)C)c1ccc2nc(N)n(S(=O)(=O)c3ccc(C)cc3)c2c1. The second-order valence-electron chi connectivity index (χ2n) is 10.6. The summed E-state index contributed by atoms with van der Waals surface area (Å²) in [6, 6.07) is 11.4. The number of benzene rings is 2. The molecule has 0 aliphatic carbocycles. The zero-order valence-corrected chi connectivity index (χ0v) is 24.2. The van der Waals surface area contributed by atoms with Gasteiger partial charge < -0.3 is 25.8 Å². The van der Waals surface area contributed by atoms with Gasteiger partial charge in [0.2, 0.25) is 5.95 Å². The van der Waals surface area contributed by atoms with Crippen molar-refractivity contribution < 1.29 is 22.7 Å². The van der Waals surface area contributed by atoms with Crippen molar-refractivity contribution in [2.45, 2.75) is 57.1 Å². The molecule has 4 rings (SSSR count). The predicted molar refractivity (Wildman–Crippen MR) is 155 cm³/mol. The molecule has 12 heteroatoms. The number of ether oxygens (including phenoxy) is 2. The number of carbonyl (C=O) groups is 1. The molecule has 1 fully saturated rings. The zero-order valence-electron chi connectivity index (χ0n) is 23.4. The summed E-state index contributed by atoms with van der Waals surface area (Å²) in [5, 5.41) is 0. The number of nitrogens with two attached hydrogens (primary N) is 2. The lowest BCUT2D eigenvalue weighted by Crippen LogP contribution is -2.41. The monoisotopic (exact) mass is 568 g/mol. The van der Waals surface area contributed by atoms with Crippen molar-refractivity contribution in [2.75, 3.05) is 25.9 Å². The second kappa shape index (κ2) is 11.2. The quantitative estimate of drug-likeness (QED) is 0.322. The molecule has 1 saturated heterocycles. The molecule has 4 N–H and O–H groups in total. The van der Waals surface area contributed by atoms with Crippen LogP contribution in [-0.2, 0) is 19.5 Å². The first-order valence-electron chi connectivity index (χ1n) is 13.0. The number of carbonyl (C=O) groups excluding carboxylic acids is 1. The van der Waals surface area contributed by atoms with E-state index >= 15 is 0 Å². The molecule has 0 radical (unpaired) electrons. The lowest BCUT2D eigenvalue weighted by atomic mass is 10.1. The number of nitrogens with zero attached hydrogens (tertiary/aromatic N) is 4. The van der Waals surface area contributed by atoms with Crippen LogP contribution in [0.4, 0.5) is 10.7 Å². The number of allylic oxidation sites excluding steroid dienone is 1. The maximum absolute atomic E-state index is 13.5. The summed E-state index contributed by atoms with van der Waals surface area (Å²) in [4.78, 5) is 23.1. The number of rotatable bonds is 7. The Bertz CT molecular complexity index is 1570. The van der Waals surface area contributed by atoms with Crippen LogP contribution in [0.2, 0.25) is 0 Å². The van der Waals surface area contributed by atoms with E-state index in [-0.39, 0.29) is 29.6 Å². The van der Waals surface area contributed by atoms with Gasteiger partial charge in [-0.25, -0.2) is 22.2 Å². The molecule has 2 aromatic carbocycles. The van der Waals surface area contributed by atoms with E-state index < -0.39 is 15.6 Å². The highest BCUT2D eigenvalue weighted by Crippen LogP contribution is 2.27. The number of likely N-dealkylation sites (tertiary alicyclic amines) is 1. The van der Waals surface area contributed by atoms with Gasteiger partial charge in [0, 0.05) is 25.4 Å². The summed E-state index contributed by atoms with van der Waals surface area (Å²) < 4.78 is 39.7. The average Bonchev–Trinajstić information content (AvgIpc) is 3.49. The highest BCUT2D eigenvalue weighted by atomic mass is 32.2. The number of imidazole rings is 1. The van der Waals surface area contributed by atoms with Gasteiger partial charge in [-0.15, -0.1) is 0 Å². The van der Waals surface area contributed by atoms with E-state index in [0.717, 1.165) is 22.4 Å². The minimum Gasteiger partial charge on any atom is -0.488 e. The summed E-state index contributed by atoms with van der Waals surface area (Å²) in [5.74, 6) is 0.135. The maximum atomic E-state index is 13.5. The topological polar surface area (TPSA) is 155 Å². The minimum atomic E-state index is -4.02. The maximum Gasteiger partial charge on any atom is 0.410 e. The standard InChI is InChI=1S/C28H36N6O5S/c1-18-8-11-21(12-9-18)40(36,37)34-23-15-19(10-13-22(23)32-26(34)30)25(31-5)24(16-29)38-17-20-7-6-14-33(20)27(35)39-28(2,3)4/h8-13,15-16,20H,6-7,14,17,29H2,1-5H3,(H2,30,32)/b24-16+,31-25?/t20-/m1/s1. The van der Waals surface area contributed by atoms with Crippen LogP contribution in [0.15, 0.2) is 64.3 Å². The number of hydrogen-bond acceptors (Lipinski definition) is 9. The normalized spacial score (nSPS) is 16.9. The van der Waals surface area contributed by atoms with Gasteiger partial charge in [-0.1, -0.05) is 23.8 Å². The molecule has 1 aliphatic rings. The molecule has 0 bridgehead atoms. The van der Waals surface area contributed by atoms with Crippen LogP contribution in [0.3, 0.4) is 0 Å². The number of aryl methyl sites for hydroxylation is 1. The molecule has 40 heavy (non-hydrogen) atoms. The van der Waals surface area contributed by atoms with Crippen LogP contribution in [0, 0.1) is 6.92 Å². The van der Waals surface area contributed by atoms with E-state index in [2.05, 4.69) is 9.98 Å². The van der Waals surface area contributed by atoms with Gasteiger partial charge in [0.05, 0.1) is 22.0 Å². The average molecular weight is 569 g/mol. The molecule has 0 unspecified atom stereocenters. The van der Waals surface area contributed by atoms with E-state index in [1.807, 2.05) is 27.7 Å². The van der Waals surface area contributed by atoms with E-state index in [4.69, 9.17) is 20.9 Å². The molecule has 3 aromatic rings. The van der Waals surface area contributed by atoms with Crippen LogP contribution in [0.25, 0.3) is 11.0 Å². The third-order valence-electron chi connectivity index (χ3n) is 6.51. The van der Waals surface area contributed by atoms with Crippen molar-refractivity contribution in [1.82, 2.24) is 13.9 Å². The first-order chi connectivity index (χ1) is 18.9. The molecule has 1 amide bonds. The van der Waals surface area contributed by atoms with Crippen LogP contribution < -0.4 is 11.5 Å². The first-order valence-corrected chi connectivity index (χ1v) is 14.4. The largest absolute Gasteiger partial charge is 0.488 e. The third kappa shape index (κ3) is 5.91. The molecular formula is C28H36N6O5S. The van der Waals surface area contributed by atoms with Gasteiger partial charge in [-0.3, -0.25) is 4.99 Å². The van der Waals surface area contributed by atoms with Crippen molar-refractivity contribution >= 4 is 38.8 Å². The van der Waals surface area contributed by atoms with Gasteiger partial charge in [-0.2, -0.15) is 0 Å². The van der Waals surface area contributed by atoms with Gasteiger partial charge in [0.15, 0.2) is 5.76 Å². The van der Waals surface area contributed by atoms with Crippen molar-refractivity contribution in [3.8, 4) is 0 Å². The number of anilines is 1. The van der Waals surface area contributed by atoms with Crippen molar-refractivity contribution in [1.29, 1.82) is 0 Å². The van der Waals surface area contributed by atoms with Gasteiger partial charge in [0.1, 0.15) is 17.9 Å². The molecule has 214 valence electrons. The number of aliphatic imine (C=N–C) groups is 1. The summed E-state index contributed by atoms with van der Waals surface area (Å²) in [6.45, 7) is 8.13. The Morgan fingerprint density at radius 1 is 1.20 bits per heavy atom. The number of hydrogen-bond donors (Lipinski definition) is 2. The molecule has 1 aliphatic heterocycles. The first kappa shape index (κ1) is 28.9. The second-order valence-corrected chi connectivity index (χ2v) is 12.4. The van der Waals surface area contributed by atoms with Gasteiger partial charge in [0.25, 0.3) is 10.0 Å². The number of fused-ring (bicyclic) bond motifs is 1. The Morgan fingerprint density at radius 3 is 2.52 bits per heavy atom. The Kier molecular flexibility index (Phi) is 8.10. The van der Waals surface area contributed by atoms with E-state index in [9.17, 15) is 13.2 Å². The number of amides is 1. The summed E-state index contributed by atoms with van der Waals surface area (Å²) in [7, 11) is -2.44. The molecule has 1 atom stereocenters. The van der Waals surface area contributed by atoms with Crippen LogP contribution in [0.1, 0.15) is 44.7 Å².